The van der Waals surface area contributed by atoms with Gasteiger partial charge in [-0.05, 0) is 30.5 Å². The summed E-state index contributed by atoms with van der Waals surface area (Å²) in [5, 5.41) is 18.8. The summed E-state index contributed by atoms with van der Waals surface area (Å²) in [5.74, 6) is -1.03. The lowest BCUT2D eigenvalue weighted by Gasteiger charge is -2.16. The fourth-order valence-corrected chi connectivity index (χ4v) is 4.83. The molecule has 1 aromatic rings. The van der Waals surface area contributed by atoms with Crippen LogP contribution in [0.1, 0.15) is 102 Å². The first-order valence-corrected chi connectivity index (χ1v) is 15.7. The SMILES string of the molecule is CCCCCCCCCCCCCCCCOC[C@H](O)COP(=O)(O)Oc1ccc(C[C@H](N)C(=O)O)cc1. The lowest BCUT2D eigenvalue weighted by molar-refractivity contribution is -0.138. The van der Waals surface area contributed by atoms with Crippen molar-refractivity contribution in [3.05, 3.63) is 29.8 Å². The van der Waals surface area contributed by atoms with Gasteiger partial charge in [-0.3, -0.25) is 14.2 Å². The average molecular weight is 560 g/mol. The van der Waals surface area contributed by atoms with E-state index in [0.29, 0.717) is 12.2 Å². The molecule has 0 radical (unpaired) electrons. The summed E-state index contributed by atoms with van der Waals surface area (Å²) < 4.78 is 27.4. The van der Waals surface area contributed by atoms with Crippen LogP contribution in [0, 0.1) is 0 Å². The van der Waals surface area contributed by atoms with Crippen LogP contribution in [-0.2, 0) is 25.0 Å². The molecule has 1 unspecified atom stereocenters. The van der Waals surface area contributed by atoms with Gasteiger partial charge in [0.1, 0.15) is 17.9 Å². The number of carboxylic acids is 1. The van der Waals surface area contributed by atoms with Crippen molar-refractivity contribution in [2.75, 3.05) is 19.8 Å². The second-order valence-electron chi connectivity index (χ2n) is 9.97. The Morgan fingerprint density at radius 2 is 1.37 bits per heavy atom. The van der Waals surface area contributed by atoms with Crippen molar-refractivity contribution < 1.29 is 38.3 Å². The van der Waals surface area contributed by atoms with Crippen LogP contribution in [0.4, 0.5) is 0 Å². The summed E-state index contributed by atoms with van der Waals surface area (Å²) in [7, 11) is -4.44. The summed E-state index contributed by atoms with van der Waals surface area (Å²) in [6.45, 7) is 2.39. The fraction of sp³-hybridized carbons (Fsp3) is 0.750. The third-order valence-corrected chi connectivity index (χ3v) is 7.22. The Bertz CT molecular complexity index is 777. The molecule has 0 heterocycles. The smallest absolute Gasteiger partial charge is 0.480 e. The van der Waals surface area contributed by atoms with Gasteiger partial charge in [0, 0.05) is 6.61 Å². The first-order chi connectivity index (χ1) is 18.2. The molecule has 10 heteroatoms. The van der Waals surface area contributed by atoms with E-state index in [9.17, 15) is 19.4 Å². The van der Waals surface area contributed by atoms with E-state index < -0.39 is 32.5 Å². The zero-order valence-electron chi connectivity index (χ0n) is 23.1. The van der Waals surface area contributed by atoms with Crippen LogP contribution in [0.5, 0.6) is 5.75 Å². The Morgan fingerprint density at radius 3 is 1.87 bits per heavy atom. The molecule has 0 aromatic heterocycles. The van der Waals surface area contributed by atoms with Crippen LogP contribution in [0.25, 0.3) is 0 Å². The number of benzene rings is 1. The van der Waals surface area contributed by atoms with Crippen LogP contribution in [0.3, 0.4) is 0 Å². The van der Waals surface area contributed by atoms with Crippen LogP contribution in [0.15, 0.2) is 24.3 Å². The predicted octanol–water partition coefficient (Wildman–Crippen LogP) is 6.00. The number of hydrogen-bond donors (Lipinski definition) is 4. The number of aliphatic carboxylic acids is 1. The molecule has 3 atom stereocenters. The quantitative estimate of drug-likeness (QED) is 0.0836. The van der Waals surface area contributed by atoms with E-state index in [4.69, 9.17) is 24.6 Å². The summed E-state index contributed by atoms with van der Waals surface area (Å²) in [4.78, 5) is 20.7. The second kappa shape index (κ2) is 21.4. The van der Waals surface area contributed by atoms with Gasteiger partial charge in [-0.1, -0.05) is 103 Å². The maximum Gasteiger partial charge on any atom is 0.527 e. The normalized spacial score (nSPS) is 14.6. The number of aliphatic hydroxyl groups is 1. The Hall–Kier alpha value is -1.48. The topological polar surface area (TPSA) is 149 Å². The van der Waals surface area contributed by atoms with Crippen LogP contribution < -0.4 is 10.3 Å². The molecule has 0 saturated carbocycles. The summed E-state index contributed by atoms with van der Waals surface area (Å²) >= 11 is 0. The average Bonchev–Trinajstić information content (AvgIpc) is 2.88. The number of ether oxygens (including phenoxy) is 1. The standard InChI is InChI=1S/C28H50NO8P/c1-2-3-4-5-6-7-8-9-10-11-12-13-14-15-20-35-22-25(30)23-36-38(33,34)37-26-18-16-24(17-19-26)21-27(29)28(31)32/h16-19,25,27,30H,2-15,20-23,29H2,1H3,(H,31,32)(H,33,34)/t25-,27-/m0/s1. The molecular formula is C28H50NO8P. The van der Waals surface area contributed by atoms with Crippen molar-refractivity contribution >= 4 is 13.8 Å². The van der Waals surface area contributed by atoms with Crippen molar-refractivity contribution in [2.45, 2.75) is 115 Å². The number of phosphoric ester groups is 1. The van der Waals surface area contributed by atoms with Crippen molar-refractivity contribution in [1.82, 2.24) is 0 Å². The number of phosphoric acid groups is 1. The van der Waals surface area contributed by atoms with Crippen molar-refractivity contribution in [3.8, 4) is 5.75 Å². The van der Waals surface area contributed by atoms with Crippen molar-refractivity contribution in [3.63, 3.8) is 0 Å². The highest BCUT2D eigenvalue weighted by atomic mass is 31.2. The molecule has 220 valence electrons. The number of carboxylic acid groups (broad SMARTS) is 1. The van der Waals surface area contributed by atoms with Crippen molar-refractivity contribution in [1.29, 1.82) is 0 Å². The van der Waals surface area contributed by atoms with Gasteiger partial charge in [-0.15, -0.1) is 0 Å². The van der Waals surface area contributed by atoms with E-state index in [1.165, 1.54) is 89.2 Å². The molecule has 9 nitrogen and oxygen atoms in total. The van der Waals surface area contributed by atoms with Gasteiger partial charge in [0.15, 0.2) is 0 Å². The Labute approximate surface area is 228 Å². The lowest BCUT2D eigenvalue weighted by atomic mass is 10.0. The van der Waals surface area contributed by atoms with Gasteiger partial charge in [0.25, 0.3) is 0 Å². The van der Waals surface area contributed by atoms with Gasteiger partial charge in [0.05, 0.1) is 13.2 Å². The number of nitrogens with two attached hydrogens (primary N) is 1. The summed E-state index contributed by atoms with van der Waals surface area (Å²) in [6, 6.07) is 4.92. The maximum atomic E-state index is 12.1. The lowest BCUT2D eigenvalue weighted by Crippen LogP contribution is -2.32. The first kappa shape index (κ1) is 34.5. The first-order valence-electron chi connectivity index (χ1n) is 14.2. The fourth-order valence-electron chi connectivity index (χ4n) is 4.03. The molecule has 0 bridgehead atoms. The molecule has 0 aliphatic rings. The molecule has 38 heavy (non-hydrogen) atoms. The highest BCUT2D eigenvalue weighted by Crippen LogP contribution is 2.43. The predicted molar refractivity (Wildman–Crippen MR) is 149 cm³/mol. The van der Waals surface area contributed by atoms with Crippen LogP contribution >= 0.6 is 7.82 Å². The van der Waals surface area contributed by atoms with Gasteiger partial charge >= 0.3 is 13.8 Å². The molecular weight excluding hydrogens is 509 g/mol. The Balaban J connectivity index is 2.01. The third kappa shape index (κ3) is 18.7. The van der Waals surface area contributed by atoms with Gasteiger partial charge in [-0.25, -0.2) is 4.57 Å². The number of carbonyl (C=O) groups is 1. The number of hydrogen-bond acceptors (Lipinski definition) is 7. The molecule has 5 N–H and O–H groups in total. The number of aliphatic hydroxyl groups excluding tert-OH is 1. The molecule has 0 aliphatic carbocycles. The molecule has 0 aliphatic heterocycles. The highest BCUT2D eigenvalue weighted by molar-refractivity contribution is 7.47. The zero-order chi connectivity index (χ0) is 28.1. The number of unbranched alkanes of at least 4 members (excludes halogenated alkanes) is 13. The third-order valence-electron chi connectivity index (χ3n) is 6.30. The minimum absolute atomic E-state index is 0.0109. The summed E-state index contributed by atoms with van der Waals surface area (Å²) in [6.07, 6.45) is 17.1. The largest absolute Gasteiger partial charge is 0.527 e. The molecule has 1 rings (SSSR count). The van der Waals surface area contributed by atoms with Gasteiger partial charge in [0.2, 0.25) is 0 Å². The molecule has 0 amide bonds. The minimum atomic E-state index is -4.44. The van der Waals surface area contributed by atoms with Crippen LogP contribution in [0.2, 0.25) is 0 Å². The monoisotopic (exact) mass is 559 g/mol. The van der Waals surface area contributed by atoms with Crippen LogP contribution in [-0.4, -0.2) is 53.0 Å². The minimum Gasteiger partial charge on any atom is -0.480 e. The molecule has 0 saturated heterocycles. The molecule has 0 fully saturated rings. The van der Waals surface area contributed by atoms with Gasteiger partial charge < -0.3 is 25.2 Å². The second-order valence-corrected chi connectivity index (χ2v) is 11.4. The zero-order valence-corrected chi connectivity index (χ0v) is 24.0. The van der Waals surface area contributed by atoms with E-state index in [2.05, 4.69) is 6.92 Å². The van der Waals surface area contributed by atoms with Crippen molar-refractivity contribution in [2.24, 2.45) is 5.73 Å². The van der Waals surface area contributed by atoms with E-state index >= 15 is 0 Å². The summed E-state index contributed by atoms with van der Waals surface area (Å²) in [5.41, 5.74) is 6.14. The molecule has 0 spiro atoms. The Morgan fingerprint density at radius 1 is 0.868 bits per heavy atom. The van der Waals surface area contributed by atoms with E-state index in [0.717, 1.165) is 12.8 Å². The highest BCUT2D eigenvalue weighted by Gasteiger charge is 2.24. The van der Waals surface area contributed by atoms with Gasteiger partial charge in [-0.2, -0.15) is 0 Å². The number of rotatable bonds is 25. The Kier molecular flexibility index (Phi) is 19.4. The van der Waals surface area contributed by atoms with E-state index in [-0.39, 0.29) is 18.8 Å². The van der Waals surface area contributed by atoms with E-state index in [1.54, 1.807) is 12.1 Å². The maximum absolute atomic E-state index is 12.1. The van der Waals surface area contributed by atoms with E-state index in [1.807, 2.05) is 0 Å². The molecule has 1 aromatic carbocycles.